The van der Waals surface area contributed by atoms with Gasteiger partial charge in [-0.25, -0.2) is 4.98 Å². The van der Waals surface area contributed by atoms with Crippen LogP contribution in [0.1, 0.15) is 80.5 Å². The number of fused-ring (bicyclic) bond motifs is 1. The number of aldehydes is 1. The van der Waals surface area contributed by atoms with Crippen molar-refractivity contribution in [1.29, 1.82) is 0 Å². The Balaban J connectivity index is 0.000000427. The van der Waals surface area contributed by atoms with Gasteiger partial charge in [-0.05, 0) is 81.9 Å². The van der Waals surface area contributed by atoms with Crippen molar-refractivity contribution in [2.45, 2.75) is 77.9 Å². The fourth-order valence-electron chi connectivity index (χ4n) is 5.03. The molecule has 0 radical (unpaired) electrons. The molecule has 0 saturated carbocycles. The lowest BCUT2D eigenvalue weighted by Crippen LogP contribution is -2.36. The van der Waals surface area contributed by atoms with E-state index in [1.807, 2.05) is 32.0 Å². The normalized spacial score (nSPS) is 16.2. The van der Waals surface area contributed by atoms with Crippen LogP contribution in [0.5, 0.6) is 0 Å². The van der Waals surface area contributed by atoms with Crippen LogP contribution in [0.3, 0.4) is 0 Å². The van der Waals surface area contributed by atoms with Gasteiger partial charge in [0.1, 0.15) is 12.1 Å². The van der Waals surface area contributed by atoms with E-state index in [0.29, 0.717) is 23.9 Å². The number of imidazole rings is 1. The number of rotatable bonds is 11. The summed E-state index contributed by atoms with van der Waals surface area (Å²) in [4.78, 5) is 32.5. The van der Waals surface area contributed by atoms with E-state index in [0.717, 1.165) is 48.4 Å². The SMILES string of the molecule is CCC(CC)n1c(Cc2cccs2)nc2cc(C(=O)NC(C=O)CC(C)C)ccc21.CN(C)C1CCNC1. The molecule has 2 aromatic heterocycles. The molecule has 3 heterocycles. The van der Waals surface area contributed by atoms with Crippen molar-refractivity contribution < 1.29 is 9.59 Å². The molecule has 1 amide bonds. The highest BCUT2D eigenvalue weighted by Gasteiger charge is 2.20. The third kappa shape index (κ3) is 7.98. The zero-order chi connectivity index (χ0) is 27.7. The van der Waals surface area contributed by atoms with Gasteiger partial charge in [0.2, 0.25) is 0 Å². The molecule has 2 N–H and O–H groups in total. The Morgan fingerprint density at radius 3 is 2.55 bits per heavy atom. The van der Waals surface area contributed by atoms with Crippen LogP contribution in [0.15, 0.2) is 35.7 Å². The molecule has 1 aliphatic heterocycles. The van der Waals surface area contributed by atoms with Gasteiger partial charge in [0.15, 0.2) is 0 Å². The molecule has 1 aromatic carbocycles. The summed E-state index contributed by atoms with van der Waals surface area (Å²) < 4.78 is 2.34. The monoisotopic (exact) mass is 539 g/mol. The van der Waals surface area contributed by atoms with Crippen molar-refractivity contribution in [3.05, 3.63) is 52.0 Å². The lowest BCUT2D eigenvalue weighted by atomic mass is 10.0. The van der Waals surface area contributed by atoms with Crippen molar-refractivity contribution in [2.75, 3.05) is 27.2 Å². The summed E-state index contributed by atoms with van der Waals surface area (Å²) >= 11 is 1.73. The first-order valence-electron chi connectivity index (χ1n) is 13.9. The maximum absolute atomic E-state index is 12.7. The average molecular weight is 540 g/mol. The summed E-state index contributed by atoms with van der Waals surface area (Å²) in [5.41, 5.74) is 2.42. The first-order valence-corrected chi connectivity index (χ1v) is 14.8. The van der Waals surface area contributed by atoms with E-state index in [2.05, 4.69) is 65.6 Å². The topological polar surface area (TPSA) is 79.3 Å². The zero-order valence-electron chi connectivity index (χ0n) is 23.9. The summed E-state index contributed by atoms with van der Waals surface area (Å²) in [6.45, 7) is 10.8. The van der Waals surface area contributed by atoms with Crippen LogP contribution in [0, 0.1) is 5.92 Å². The molecule has 3 aromatic rings. The highest BCUT2D eigenvalue weighted by molar-refractivity contribution is 7.09. The molecule has 38 heavy (non-hydrogen) atoms. The van der Waals surface area contributed by atoms with E-state index in [1.54, 1.807) is 11.3 Å². The summed E-state index contributed by atoms with van der Waals surface area (Å²) in [7, 11) is 4.27. The summed E-state index contributed by atoms with van der Waals surface area (Å²) in [5, 5.41) is 8.24. The maximum atomic E-state index is 12.7. The fourth-order valence-corrected chi connectivity index (χ4v) is 5.73. The molecule has 0 spiro atoms. The van der Waals surface area contributed by atoms with Gasteiger partial charge in [-0.3, -0.25) is 4.79 Å². The predicted molar refractivity (Wildman–Crippen MR) is 158 cm³/mol. The number of hydrogen-bond acceptors (Lipinski definition) is 6. The second kappa shape index (κ2) is 14.6. The molecule has 2 unspecified atom stereocenters. The Bertz CT molecular complexity index is 1150. The lowest BCUT2D eigenvalue weighted by Gasteiger charge is -2.19. The van der Waals surface area contributed by atoms with Crippen molar-refractivity contribution in [3.63, 3.8) is 0 Å². The molecule has 4 rings (SSSR count). The number of thiophene rings is 1. The Labute approximate surface area is 232 Å². The van der Waals surface area contributed by atoms with Gasteiger partial charge in [-0.2, -0.15) is 0 Å². The van der Waals surface area contributed by atoms with Crippen molar-refractivity contribution >= 4 is 34.6 Å². The fraction of sp³-hybridized carbons (Fsp3) is 0.567. The standard InChI is InChI=1S/C24H31N3O2S.C6H14N2/c1-5-19(6-2)27-22-10-9-17(24(29)25-18(15-28)12-16(3)4)13-21(22)26-23(27)14-20-8-7-11-30-20;1-8(2)6-3-4-7-5-6/h7-11,13,15-16,18-19H,5-6,12,14H2,1-4H3,(H,25,29);6-7H,3-5H2,1-2H3. The van der Waals surface area contributed by atoms with Gasteiger partial charge in [-0.1, -0.05) is 33.8 Å². The highest BCUT2D eigenvalue weighted by Crippen LogP contribution is 2.28. The van der Waals surface area contributed by atoms with Crippen LogP contribution in [-0.4, -0.2) is 65.9 Å². The van der Waals surface area contributed by atoms with E-state index in [-0.39, 0.29) is 5.91 Å². The molecule has 2 atom stereocenters. The van der Waals surface area contributed by atoms with Crippen LogP contribution >= 0.6 is 11.3 Å². The first-order chi connectivity index (χ1) is 18.3. The number of nitrogens with zero attached hydrogens (tertiary/aromatic N) is 3. The Kier molecular flexibility index (Phi) is 11.5. The molecule has 0 aliphatic carbocycles. The van der Waals surface area contributed by atoms with E-state index >= 15 is 0 Å². The van der Waals surface area contributed by atoms with Gasteiger partial charge in [0, 0.05) is 35.5 Å². The second-order valence-electron chi connectivity index (χ2n) is 10.8. The van der Waals surface area contributed by atoms with Gasteiger partial charge in [0.05, 0.1) is 17.1 Å². The number of carbonyl (C=O) groups excluding carboxylic acids is 2. The van der Waals surface area contributed by atoms with Gasteiger partial charge < -0.3 is 24.9 Å². The largest absolute Gasteiger partial charge is 0.343 e. The molecule has 1 saturated heterocycles. The quantitative estimate of drug-likeness (QED) is 0.323. The van der Waals surface area contributed by atoms with E-state index in [9.17, 15) is 9.59 Å². The highest BCUT2D eigenvalue weighted by atomic mass is 32.1. The number of aromatic nitrogens is 2. The van der Waals surface area contributed by atoms with Crippen LogP contribution in [-0.2, 0) is 11.2 Å². The minimum Gasteiger partial charge on any atom is -0.343 e. The molecular weight excluding hydrogens is 494 g/mol. The van der Waals surface area contributed by atoms with E-state index in [4.69, 9.17) is 4.98 Å². The smallest absolute Gasteiger partial charge is 0.251 e. The van der Waals surface area contributed by atoms with Crippen molar-refractivity contribution in [1.82, 2.24) is 25.1 Å². The maximum Gasteiger partial charge on any atom is 0.251 e. The van der Waals surface area contributed by atoms with Crippen molar-refractivity contribution in [2.24, 2.45) is 5.92 Å². The average Bonchev–Trinajstić information content (AvgIpc) is 3.66. The van der Waals surface area contributed by atoms with Gasteiger partial charge in [0.25, 0.3) is 5.91 Å². The minimum atomic E-state index is -0.468. The van der Waals surface area contributed by atoms with E-state index in [1.165, 1.54) is 24.4 Å². The Morgan fingerprint density at radius 2 is 2.03 bits per heavy atom. The number of amides is 1. The summed E-state index contributed by atoms with van der Waals surface area (Å²) in [6, 6.07) is 10.6. The molecule has 7 nitrogen and oxygen atoms in total. The number of likely N-dealkylation sites (N-methyl/N-ethyl adjacent to an activating group) is 1. The number of benzene rings is 1. The first kappa shape index (κ1) is 30.0. The number of nitrogens with one attached hydrogen (secondary N) is 2. The lowest BCUT2D eigenvalue weighted by molar-refractivity contribution is -0.109. The molecule has 1 aliphatic rings. The van der Waals surface area contributed by atoms with E-state index < -0.39 is 6.04 Å². The molecule has 208 valence electrons. The Morgan fingerprint density at radius 1 is 1.26 bits per heavy atom. The number of carbonyl (C=O) groups is 2. The molecule has 1 fully saturated rings. The summed E-state index contributed by atoms with van der Waals surface area (Å²) in [6.07, 6.45) is 5.60. The molecule has 8 heteroatoms. The predicted octanol–water partition coefficient (Wildman–Crippen LogP) is 5.30. The van der Waals surface area contributed by atoms with Gasteiger partial charge >= 0.3 is 0 Å². The second-order valence-corrected chi connectivity index (χ2v) is 11.8. The minimum absolute atomic E-state index is 0.230. The van der Waals surface area contributed by atoms with Gasteiger partial charge in [-0.15, -0.1) is 11.3 Å². The molecular formula is C30H45N5O2S. The van der Waals surface area contributed by atoms with Crippen molar-refractivity contribution in [3.8, 4) is 0 Å². The third-order valence-electron chi connectivity index (χ3n) is 7.22. The van der Waals surface area contributed by atoms with Crippen LogP contribution in [0.25, 0.3) is 11.0 Å². The summed E-state index contributed by atoms with van der Waals surface area (Å²) in [5.74, 6) is 1.13. The van der Waals surface area contributed by atoms with Crippen LogP contribution < -0.4 is 10.6 Å². The Hall–Kier alpha value is -2.55. The van der Waals surface area contributed by atoms with Crippen LogP contribution in [0.2, 0.25) is 0 Å². The third-order valence-corrected chi connectivity index (χ3v) is 8.09. The van der Waals surface area contributed by atoms with Crippen LogP contribution in [0.4, 0.5) is 0 Å². The molecule has 0 bridgehead atoms. The number of hydrogen-bond donors (Lipinski definition) is 2. The zero-order valence-corrected chi connectivity index (χ0v) is 24.7.